The summed E-state index contributed by atoms with van der Waals surface area (Å²) in [6, 6.07) is 26.3. The van der Waals surface area contributed by atoms with Crippen LogP contribution in [0.5, 0.6) is 5.88 Å². The fourth-order valence-corrected chi connectivity index (χ4v) is 7.35. The van der Waals surface area contributed by atoms with E-state index < -0.39 is 0 Å². The average molecular weight is 591 g/mol. The normalized spacial score (nSPS) is 21.6. The number of rotatable bonds is 10. The molecule has 0 amide bonds. The molecule has 3 N–H and O–H groups in total. The maximum Gasteiger partial charge on any atom is 0.218 e. The van der Waals surface area contributed by atoms with Gasteiger partial charge in [0.2, 0.25) is 5.88 Å². The van der Waals surface area contributed by atoms with E-state index in [4.69, 9.17) is 9.72 Å². The van der Waals surface area contributed by atoms with Crippen LogP contribution >= 0.6 is 0 Å². The third-order valence-electron chi connectivity index (χ3n) is 10.1. The second kappa shape index (κ2) is 13.6. The summed E-state index contributed by atoms with van der Waals surface area (Å²) in [5, 5.41) is 23.9. The molecule has 6 rings (SSSR count). The molecule has 44 heavy (non-hydrogen) atoms. The van der Waals surface area contributed by atoms with E-state index in [0.717, 1.165) is 68.2 Å². The molecular formula is C39H46N2O3. The van der Waals surface area contributed by atoms with Crippen molar-refractivity contribution < 1.29 is 14.9 Å². The minimum Gasteiger partial charge on any atom is -0.481 e. The fraction of sp³-hybridized carbons (Fsp3) is 0.410. The quantitative estimate of drug-likeness (QED) is 0.176. The molecule has 4 aromatic rings. The average Bonchev–Trinajstić information content (AvgIpc) is 3.66. The zero-order valence-electron chi connectivity index (χ0n) is 26.4. The van der Waals surface area contributed by atoms with Gasteiger partial charge in [0.25, 0.3) is 0 Å². The Hall–Kier alpha value is -3.51. The molecule has 2 aliphatic rings. The number of nitrogens with one attached hydrogen (secondary N) is 1. The molecule has 0 radical (unpaired) electrons. The van der Waals surface area contributed by atoms with Crippen LogP contribution < -0.4 is 10.1 Å². The van der Waals surface area contributed by atoms with Crippen LogP contribution in [0.25, 0.3) is 33.5 Å². The van der Waals surface area contributed by atoms with Gasteiger partial charge in [0, 0.05) is 23.7 Å². The van der Waals surface area contributed by atoms with Gasteiger partial charge in [-0.2, -0.15) is 0 Å². The first-order valence-electron chi connectivity index (χ1n) is 16.4. The predicted octanol–water partition coefficient (Wildman–Crippen LogP) is 7.80. The third-order valence-corrected chi connectivity index (χ3v) is 10.1. The number of hydrogen-bond donors (Lipinski definition) is 3. The second-order valence-corrected chi connectivity index (χ2v) is 12.8. The molecule has 5 heteroatoms. The van der Waals surface area contributed by atoms with Gasteiger partial charge in [-0.3, -0.25) is 0 Å². The Balaban J connectivity index is 1.22. The van der Waals surface area contributed by atoms with Crippen molar-refractivity contribution >= 4 is 0 Å². The molecule has 1 aromatic heterocycles. The SMILES string of the molecule is COc1nc(-c2cccc(-c3cccc(-c4ccc(CC[C@@H]5CCC[C@@H]5O)cc4)c3C)c2C)ccc1CN[C@@H]1CCC[C@@H]1O. The van der Waals surface area contributed by atoms with E-state index >= 15 is 0 Å². The summed E-state index contributed by atoms with van der Waals surface area (Å²) in [7, 11) is 1.67. The lowest BCUT2D eigenvalue weighted by molar-refractivity contribution is 0.128. The lowest BCUT2D eigenvalue weighted by Gasteiger charge is -2.18. The standard InChI is InChI=1S/C39H46N2O3/c1-25-31(28-19-16-27(17-20-28)18-21-29-8-4-14-37(29)42)9-5-10-32(25)33-11-6-12-34(26(33)2)35-23-22-30(39(41-35)44-3)24-40-36-13-7-15-38(36)43/h5-6,9-12,16-17,19-20,22-23,29,36-38,40,42-43H,4,7-8,13-15,18,21,24H2,1-3H3/t29-,36+,37-,38-/m0/s1. The number of pyridine rings is 1. The third kappa shape index (κ3) is 6.46. The van der Waals surface area contributed by atoms with Gasteiger partial charge in [-0.05, 0) is 110 Å². The molecule has 0 aliphatic heterocycles. The van der Waals surface area contributed by atoms with Crippen LogP contribution in [0.1, 0.15) is 67.2 Å². The van der Waals surface area contributed by atoms with Gasteiger partial charge >= 0.3 is 0 Å². The van der Waals surface area contributed by atoms with Crippen LogP contribution in [-0.4, -0.2) is 40.6 Å². The first-order valence-corrected chi connectivity index (χ1v) is 16.4. The van der Waals surface area contributed by atoms with E-state index in [1.165, 1.54) is 38.9 Å². The predicted molar refractivity (Wildman–Crippen MR) is 179 cm³/mol. The van der Waals surface area contributed by atoms with Gasteiger partial charge in [-0.1, -0.05) is 73.2 Å². The number of aliphatic hydroxyl groups is 2. The molecule has 0 bridgehead atoms. The number of nitrogens with zero attached hydrogens (tertiary/aromatic N) is 1. The largest absolute Gasteiger partial charge is 0.481 e. The summed E-state index contributed by atoms with van der Waals surface area (Å²) in [4.78, 5) is 4.92. The van der Waals surface area contributed by atoms with Crippen LogP contribution in [0.2, 0.25) is 0 Å². The Morgan fingerprint density at radius 2 is 1.41 bits per heavy atom. The molecule has 2 fully saturated rings. The summed E-state index contributed by atoms with van der Waals surface area (Å²) in [6.07, 6.45) is 7.90. The first-order chi connectivity index (χ1) is 21.4. The summed E-state index contributed by atoms with van der Waals surface area (Å²) in [6.45, 7) is 5.02. The molecule has 1 heterocycles. The number of aliphatic hydroxyl groups excluding tert-OH is 2. The van der Waals surface area contributed by atoms with E-state index in [1.807, 2.05) is 0 Å². The van der Waals surface area contributed by atoms with Crippen LogP contribution in [0.15, 0.2) is 72.8 Å². The van der Waals surface area contributed by atoms with Crippen molar-refractivity contribution in [2.24, 2.45) is 5.92 Å². The zero-order chi connectivity index (χ0) is 30.6. The maximum atomic E-state index is 10.2. The Bertz CT molecular complexity index is 1580. The Morgan fingerprint density at radius 1 is 0.750 bits per heavy atom. The molecule has 2 saturated carbocycles. The second-order valence-electron chi connectivity index (χ2n) is 12.8. The number of benzene rings is 3. The zero-order valence-corrected chi connectivity index (χ0v) is 26.4. The van der Waals surface area contributed by atoms with Gasteiger partial charge in [-0.15, -0.1) is 0 Å². The van der Waals surface area contributed by atoms with E-state index in [0.29, 0.717) is 18.3 Å². The van der Waals surface area contributed by atoms with Crippen molar-refractivity contribution in [1.82, 2.24) is 10.3 Å². The van der Waals surface area contributed by atoms with E-state index in [9.17, 15) is 10.2 Å². The van der Waals surface area contributed by atoms with Crippen LogP contribution in [0.4, 0.5) is 0 Å². The van der Waals surface area contributed by atoms with Crippen molar-refractivity contribution in [2.75, 3.05) is 7.11 Å². The highest BCUT2D eigenvalue weighted by Gasteiger charge is 2.26. The highest BCUT2D eigenvalue weighted by Crippen LogP contribution is 2.37. The molecule has 0 spiro atoms. The van der Waals surface area contributed by atoms with E-state index in [1.54, 1.807) is 7.11 Å². The summed E-state index contributed by atoms with van der Waals surface area (Å²) in [5.74, 6) is 1.07. The summed E-state index contributed by atoms with van der Waals surface area (Å²) in [5.41, 5.74) is 11.7. The number of methoxy groups -OCH3 is 1. The van der Waals surface area contributed by atoms with Crippen molar-refractivity contribution in [3.8, 4) is 39.4 Å². The summed E-state index contributed by atoms with van der Waals surface area (Å²) >= 11 is 0. The minimum absolute atomic E-state index is 0.113. The lowest BCUT2D eigenvalue weighted by Crippen LogP contribution is -2.35. The topological polar surface area (TPSA) is 74.6 Å². The highest BCUT2D eigenvalue weighted by atomic mass is 16.5. The fourth-order valence-electron chi connectivity index (χ4n) is 7.35. The lowest BCUT2D eigenvalue weighted by atomic mass is 9.88. The molecule has 0 unspecified atom stereocenters. The van der Waals surface area contributed by atoms with Crippen LogP contribution in [-0.2, 0) is 13.0 Å². The Morgan fingerprint density at radius 3 is 2.07 bits per heavy atom. The van der Waals surface area contributed by atoms with Crippen molar-refractivity contribution in [2.45, 2.75) is 90.0 Å². The summed E-state index contributed by atoms with van der Waals surface area (Å²) < 4.78 is 5.72. The van der Waals surface area contributed by atoms with Gasteiger partial charge in [0.1, 0.15) is 0 Å². The smallest absolute Gasteiger partial charge is 0.218 e. The molecule has 2 aliphatic carbocycles. The van der Waals surface area contributed by atoms with Gasteiger partial charge < -0.3 is 20.3 Å². The molecule has 0 saturated heterocycles. The molecule has 4 atom stereocenters. The van der Waals surface area contributed by atoms with Crippen LogP contribution in [0.3, 0.4) is 0 Å². The number of ether oxygens (including phenoxy) is 1. The first kappa shape index (κ1) is 30.5. The van der Waals surface area contributed by atoms with Crippen LogP contribution in [0, 0.1) is 19.8 Å². The molecule has 5 nitrogen and oxygen atoms in total. The van der Waals surface area contributed by atoms with E-state index in [2.05, 4.69) is 92.0 Å². The highest BCUT2D eigenvalue weighted by molar-refractivity contribution is 5.83. The van der Waals surface area contributed by atoms with Crippen molar-refractivity contribution in [1.29, 1.82) is 0 Å². The monoisotopic (exact) mass is 590 g/mol. The number of aromatic nitrogens is 1. The van der Waals surface area contributed by atoms with Crippen molar-refractivity contribution in [3.63, 3.8) is 0 Å². The Kier molecular flexibility index (Phi) is 9.46. The number of hydrogen-bond acceptors (Lipinski definition) is 5. The Labute approximate surface area is 262 Å². The number of aryl methyl sites for hydroxylation is 1. The maximum absolute atomic E-state index is 10.2. The van der Waals surface area contributed by atoms with Crippen molar-refractivity contribution in [3.05, 3.63) is 95.1 Å². The molecular weight excluding hydrogens is 544 g/mol. The van der Waals surface area contributed by atoms with Gasteiger partial charge in [0.05, 0.1) is 25.0 Å². The van der Waals surface area contributed by atoms with Gasteiger partial charge in [-0.25, -0.2) is 4.98 Å². The molecule has 3 aromatic carbocycles. The molecule has 230 valence electrons. The van der Waals surface area contributed by atoms with E-state index in [-0.39, 0.29) is 18.2 Å². The minimum atomic E-state index is -0.276. The van der Waals surface area contributed by atoms with Gasteiger partial charge in [0.15, 0.2) is 0 Å².